The summed E-state index contributed by atoms with van der Waals surface area (Å²) in [6, 6.07) is 21.2. The Kier molecular flexibility index (Phi) is 6.32. The molecule has 32 heavy (non-hydrogen) atoms. The maximum Gasteiger partial charge on any atom is 0.232 e. The van der Waals surface area contributed by atoms with Gasteiger partial charge in [-0.3, -0.25) is 4.79 Å². The Hall–Kier alpha value is -3.51. The van der Waals surface area contributed by atoms with Crippen molar-refractivity contribution >= 4 is 5.91 Å². The van der Waals surface area contributed by atoms with Crippen molar-refractivity contribution in [1.29, 1.82) is 0 Å². The first-order chi connectivity index (χ1) is 15.5. The summed E-state index contributed by atoms with van der Waals surface area (Å²) in [5.41, 5.74) is 2.77. The molecule has 0 saturated carbocycles. The molecular weight excluding hydrogens is 404 g/mol. The van der Waals surface area contributed by atoms with Crippen LogP contribution >= 0.6 is 0 Å². The highest BCUT2D eigenvalue weighted by molar-refractivity contribution is 5.89. The average molecular weight is 433 g/mol. The Morgan fingerprint density at radius 1 is 0.938 bits per heavy atom. The number of methoxy groups -OCH3 is 2. The third kappa shape index (κ3) is 4.14. The van der Waals surface area contributed by atoms with Crippen LogP contribution in [0, 0.1) is 0 Å². The van der Waals surface area contributed by atoms with Gasteiger partial charge in [-0.1, -0.05) is 42.5 Å². The molecule has 1 aliphatic rings. The standard InChI is InChI=1S/C26H28N2O4/c1-28(2)20(17-13-14-23(30-3)24(15-17)31-4)16-27-26(29)25-18-9-5-7-11-21(18)32-22-12-8-6-10-19(22)25/h5-15,20,25H,16H2,1-4H3,(H,27,29). The second-order valence-electron chi connectivity index (χ2n) is 7.95. The fourth-order valence-electron chi connectivity index (χ4n) is 4.15. The van der Waals surface area contributed by atoms with E-state index in [4.69, 9.17) is 14.2 Å². The Bertz CT molecular complexity index is 1070. The highest BCUT2D eigenvalue weighted by atomic mass is 16.5. The van der Waals surface area contributed by atoms with E-state index in [1.807, 2.05) is 80.8 Å². The third-order valence-electron chi connectivity index (χ3n) is 5.83. The molecule has 6 heteroatoms. The smallest absolute Gasteiger partial charge is 0.232 e. The van der Waals surface area contributed by atoms with Gasteiger partial charge in [-0.05, 0) is 43.9 Å². The molecule has 1 aliphatic heterocycles. The van der Waals surface area contributed by atoms with Crippen molar-refractivity contribution in [3.8, 4) is 23.0 Å². The summed E-state index contributed by atoms with van der Waals surface area (Å²) in [7, 11) is 7.22. The first-order valence-electron chi connectivity index (χ1n) is 10.5. The predicted molar refractivity (Wildman–Crippen MR) is 124 cm³/mol. The number of hydrogen-bond acceptors (Lipinski definition) is 5. The number of likely N-dealkylation sites (N-methyl/N-ethyl adjacent to an activating group) is 1. The van der Waals surface area contributed by atoms with Gasteiger partial charge in [0, 0.05) is 17.7 Å². The number of nitrogens with one attached hydrogen (secondary N) is 1. The molecule has 0 bridgehead atoms. The minimum atomic E-state index is -0.427. The molecule has 1 atom stereocenters. The molecule has 3 aromatic rings. The summed E-state index contributed by atoms with van der Waals surface area (Å²) in [4.78, 5) is 15.6. The third-order valence-corrected chi connectivity index (χ3v) is 5.83. The highest BCUT2D eigenvalue weighted by Gasteiger charge is 2.32. The van der Waals surface area contributed by atoms with Crippen LogP contribution < -0.4 is 19.5 Å². The zero-order chi connectivity index (χ0) is 22.7. The number of nitrogens with zero attached hydrogens (tertiary/aromatic N) is 1. The zero-order valence-electron chi connectivity index (χ0n) is 18.8. The topological polar surface area (TPSA) is 60.0 Å². The first kappa shape index (κ1) is 21.7. The summed E-state index contributed by atoms with van der Waals surface area (Å²) >= 11 is 0. The molecule has 1 amide bonds. The summed E-state index contributed by atoms with van der Waals surface area (Å²) in [5, 5.41) is 3.17. The van der Waals surface area contributed by atoms with E-state index in [0.717, 1.165) is 28.2 Å². The van der Waals surface area contributed by atoms with Crippen LogP contribution in [0.25, 0.3) is 0 Å². The predicted octanol–water partition coefficient (Wildman–Crippen LogP) is 4.36. The van der Waals surface area contributed by atoms with Gasteiger partial charge in [0.05, 0.1) is 26.2 Å². The van der Waals surface area contributed by atoms with Crippen molar-refractivity contribution in [1.82, 2.24) is 10.2 Å². The van der Waals surface area contributed by atoms with Crippen LogP contribution in [0.1, 0.15) is 28.7 Å². The molecule has 1 N–H and O–H groups in total. The van der Waals surface area contributed by atoms with E-state index >= 15 is 0 Å². The van der Waals surface area contributed by atoms with Gasteiger partial charge in [-0.25, -0.2) is 0 Å². The number of hydrogen-bond donors (Lipinski definition) is 1. The second-order valence-corrected chi connectivity index (χ2v) is 7.95. The van der Waals surface area contributed by atoms with E-state index < -0.39 is 5.92 Å². The summed E-state index contributed by atoms with van der Waals surface area (Å²) in [6.07, 6.45) is 0. The van der Waals surface area contributed by atoms with Gasteiger partial charge in [0.2, 0.25) is 5.91 Å². The number of carbonyl (C=O) groups excluding carboxylic acids is 1. The number of fused-ring (bicyclic) bond motifs is 2. The van der Waals surface area contributed by atoms with Gasteiger partial charge in [0.15, 0.2) is 11.5 Å². The molecule has 0 fully saturated rings. The van der Waals surface area contributed by atoms with Crippen molar-refractivity contribution < 1.29 is 19.0 Å². The molecule has 4 rings (SSSR count). The number of rotatable bonds is 7. The van der Waals surface area contributed by atoms with Gasteiger partial charge in [0.25, 0.3) is 0 Å². The maximum atomic E-state index is 13.5. The molecule has 1 unspecified atom stereocenters. The first-order valence-corrected chi connectivity index (χ1v) is 10.5. The zero-order valence-corrected chi connectivity index (χ0v) is 18.8. The van der Waals surface area contributed by atoms with Gasteiger partial charge in [-0.15, -0.1) is 0 Å². The largest absolute Gasteiger partial charge is 0.493 e. The number of amides is 1. The van der Waals surface area contributed by atoms with Crippen molar-refractivity contribution in [2.24, 2.45) is 0 Å². The molecule has 1 heterocycles. The Labute approximate surface area is 188 Å². The lowest BCUT2D eigenvalue weighted by Gasteiger charge is -2.29. The van der Waals surface area contributed by atoms with Crippen LogP contribution in [0.2, 0.25) is 0 Å². The lowest BCUT2D eigenvalue weighted by Crippen LogP contribution is -2.38. The SMILES string of the molecule is COc1ccc(C(CNC(=O)C2c3ccccc3Oc3ccccc32)N(C)C)cc1OC. The lowest BCUT2D eigenvalue weighted by molar-refractivity contribution is -0.122. The van der Waals surface area contributed by atoms with Crippen molar-refractivity contribution in [3.63, 3.8) is 0 Å². The number of carbonyl (C=O) groups is 1. The van der Waals surface area contributed by atoms with Crippen molar-refractivity contribution in [3.05, 3.63) is 83.4 Å². The lowest BCUT2D eigenvalue weighted by atomic mass is 9.87. The van der Waals surface area contributed by atoms with Crippen LogP contribution in [0.15, 0.2) is 66.7 Å². The van der Waals surface area contributed by atoms with Gasteiger partial charge < -0.3 is 24.4 Å². The summed E-state index contributed by atoms with van der Waals surface area (Å²) in [6.45, 7) is 0.447. The summed E-state index contributed by atoms with van der Waals surface area (Å²) < 4.78 is 16.8. The maximum absolute atomic E-state index is 13.5. The van der Waals surface area contributed by atoms with Crippen LogP contribution in [0.4, 0.5) is 0 Å². The van der Waals surface area contributed by atoms with Gasteiger partial charge in [-0.2, -0.15) is 0 Å². The number of ether oxygens (including phenoxy) is 3. The molecule has 0 aliphatic carbocycles. The normalized spacial score (nSPS) is 13.5. The van der Waals surface area contributed by atoms with Gasteiger partial charge in [0.1, 0.15) is 11.5 Å². The molecule has 0 saturated heterocycles. The highest BCUT2D eigenvalue weighted by Crippen LogP contribution is 2.44. The number of para-hydroxylation sites is 2. The fourth-order valence-corrected chi connectivity index (χ4v) is 4.15. The average Bonchev–Trinajstić information content (AvgIpc) is 2.82. The van der Waals surface area contributed by atoms with E-state index in [1.165, 1.54) is 0 Å². The van der Waals surface area contributed by atoms with E-state index in [-0.39, 0.29) is 11.9 Å². The molecule has 166 valence electrons. The summed E-state index contributed by atoms with van der Waals surface area (Å²) in [5.74, 6) is 2.29. The monoisotopic (exact) mass is 432 g/mol. The second kappa shape index (κ2) is 9.32. The minimum Gasteiger partial charge on any atom is -0.493 e. The molecule has 0 radical (unpaired) electrons. The molecule has 3 aromatic carbocycles. The quantitative estimate of drug-likeness (QED) is 0.601. The van der Waals surface area contributed by atoms with Crippen LogP contribution in [0.5, 0.6) is 23.0 Å². The minimum absolute atomic E-state index is 0.0379. The van der Waals surface area contributed by atoms with E-state index in [2.05, 4.69) is 10.2 Å². The Morgan fingerprint density at radius 2 is 1.53 bits per heavy atom. The Balaban J connectivity index is 1.59. The number of benzene rings is 3. The Morgan fingerprint density at radius 3 is 2.09 bits per heavy atom. The van der Waals surface area contributed by atoms with Crippen LogP contribution in [-0.4, -0.2) is 45.7 Å². The van der Waals surface area contributed by atoms with Crippen molar-refractivity contribution in [2.45, 2.75) is 12.0 Å². The van der Waals surface area contributed by atoms with Crippen molar-refractivity contribution in [2.75, 3.05) is 34.9 Å². The molecule has 6 nitrogen and oxygen atoms in total. The van der Waals surface area contributed by atoms with E-state index in [1.54, 1.807) is 14.2 Å². The fraction of sp³-hybridized carbons (Fsp3) is 0.269. The molecule has 0 spiro atoms. The molecule has 0 aromatic heterocycles. The van der Waals surface area contributed by atoms with Crippen LogP contribution in [0.3, 0.4) is 0 Å². The van der Waals surface area contributed by atoms with Gasteiger partial charge >= 0.3 is 0 Å². The van der Waals surface area contributed by atoms with E-state index in [0.29, 0.717) is 18.0 Å². The van der Waals surface area contributed by atoms with Crippen LogP contribution in [-0.2, 0) is 4.79 Å². The molecular formula is C26H28N2O4. The van der Waals surface area contributed by atoms with E-state index in [9.17, 15) is 4.79 Å².